The van der Waals surface area contributed by atoms with E-state index in [1.54, 1.807) is 0 Å². The number of thiol groups is 1. The minimum Gasteiger partial charge on any atom is -0.161 e. The third-order valence-electron chi connectivity index (χ3n) is 0. The first-order valence-electron chi connectivity index (χ1n) is 0.791. The van der Waals surface area contributed by atoms with E-state index < -0.39 is 5.51 Å². The summed E-state index contributed by atoms with van der Waals surface area (Å²) in [6.07, 6.45) is 0. The summed E-state index contributed by atoms with van der Waals surface area (Å²) in [7, 11) is 0. The molecule has 0 N–H and O–H groups in total. The van der Waals surface area contributed by atoms with Crippen molar-refractivity contribution < 1.29 is 40.8 Å². The van der Waals surface area contributed by atoms with Gasteiger partial charge in [0, 0.05) is 27.7 Å². The molecule has 0 radical (unpaired) electrons. The summed E-state index contributed by atoms with van der Waals surface area (Å²) in [6.45, 7) is 0. The summed E-state index contributed by atoms with van der Waals surface area (Å²) in [5.41, 5.74) is -4.31. The molecule has 0 amide bonds. The zero-order valence-electron chi connectivity index (χ0n) is 2.79. The Morgan fingerprint density at radius 1 is 1.17 bits per heavy atom. The molecular weight excluding hydrogens is 302 g/mol. The Hall–Kier alpha value is 1.08. The molecule has 0 unspecified atom stereocenters. The second-order valence-corrected chi connectivity index (χ2v) is 0.975. The molecule has 0 saturated heterocycles. The number of rotatable bonds is 0. The third-order valence-corrected chi connectivity index (χ3v) is 0. The van der Waals surface area contributed by atoms with Gasteiger partial charge in [0.25, 0.3) is 0 Å². The van der Waals surface area contributed by atoms with Crippen LogP contribution in [0.3, 0.4) is 0 Å². The van der Waals surface area contributed by atoms with E-state index >= 15 is 0 Å². The van der Waals surface area contributed by atoms with E-state index in [0.717, 1.165) is 0 Å². The van der Waals surface area contributed by atoms with Crippen LogP contribution >= 0.6 is 12.6 Å². The monoisotopic (exact) mass is 304 g/mol. The van der Waals surface area contributed by atoms with Crippen molar-refractivity contribution in [1.82, 2.24) is 0 Å². The molecule has 0 aliphatic rings. The fraction of sp³-hybridized carbons (Fsp3) is 1.00. The maximum Gasteiger partial charge on any atom is 0.438 e. The van der Waals surface area contributed by atoms with Crippen molar-refractivity contribution in [2.75, 3.05) is 0 Å². The average molecular weight is 303 g/mol. The van der Waals surface area contributed by atoms with Crippen molar-refractivity contribution >= 4 is 12.6 Å². The minimum atomic E-state index is -4.31. The standard InChI is InChI=1S/CHF3S.Hg/c2-1(3,4)5;/h5H;. The first-order valence-corrected chi connectivity index (χ1v) is 1.24. The number of halogens is 3. The Labute approximate surface area is 59.0 Å². The number of alkyl halides is 3. The molecule has 0 heterocycles. The van der Waals surface area contributed by atoms with Gasteiger partial charge in [-0.25, -0.2) is 0 Å². The second-order valence-electron chi connectivity index (χ2n) is 0.468. The quantitative estimate of drug-likeness (QED) is 0.508. The summed E-state index contributed by atoms with van der Waals surface area (Å²) >= 11 is 2.12. The maximum absolute atomic E-state index is 10.2. The zero-order chi connectivity index (χ0) is 4.50. The van der Waals surface area contributed by atoms with Crippen LogP contribution in [0.2, 0.25) is 0 Å². The molecule has 0 bridgehead atoms. The Balaban J connectivity index is 0. The summed E-state index contributed by atoms with van der Waals surface area (Å²) in [4.78, 5) is 0. The molecule has 0 aliphatic heterocycles. The molecule has 0 aromatic rings. The van der Waals surface area contributed by atoms with Crippen LogP contribution in [0, 0.1) is 0 Å². The van der Waals surface area contributed by atoms with E-state index in [4.69, 9.17) is 0 Å². The van der Waals surface area contributed by atoms with E-state index in [1.807, 2.05) is 0 Å². The number of hydrogen-bond donors (Lipinski definition) is 1. The molecule has 0 rings (SSSR count). The van der Waals surface area contributed by atoms with Gasteiger partial charge in [-0.3, -0.25) is 0 Å². The average Bonchev–Trinajstić information content (AvgIpc) is 0.722. The molecule has 34 valence electrons. The summed E-state index contributed by atoms with van der Waals surface area (Å²) in [5.74, 6) is 0. The summed E-state index contributed by atoms with van der Waals surface area (Å²) in [5, 5.41) is 0. The van der Waals surface area contributed by atoms with Gasteiger partial charge in [0.2, 0.25) is 0 Å². The molecule has 0 nitrogen and oxygen atoms in total. The predicted octanol–water partition coefficient (Wildman–Crippen LogP) is 1.43. The van der Waals surface area contributed by atoms with Gasteiger partial charge in [-0.15, -0.1) is 0 Å². The Morgan fingerprint density at radius 3 is 1.17 bits per heavy atom. The molecular formula is CHF3HgS. The van der Waals surface area contributed by atoms with Crippen LogP contribution in [0.5, 0.6) is 0 Å². The fourth-order valence-electron chi connectivity index (χ4n) is 0. The zero-order valence-corrected chi connectivity index (χ0v) is 9.18. The molecule has 0 aromatic heterocycles. The van der Waals surface area contributed by atoms with Crippen LogP contribution in [0.25, 0.3) is 0 Å². The largest absolute Gasteiger partial charge is 0.438 e. The molecule has 0 atom stereocenters. The fourth-order valence-corrected chi connectivity index (χ4v) is 0. The second kappa shape index (κ2) is 3.13. The molecule has 0 spiro atoms. The maximum atomic E-state index is 10.2. The van der Waals surface area contributed by atoms with E-state index in [9.17, 15) is 13.2 Å². The van der Waals surface area contributed by atoms with Crippen molar-refractivity contribution in [2.45, 2.75) is 5.51 Å². The van der Waals surface area contributed by atoms with Crippen molar-refractivity contribution in [3.63, 3.8) is 0 Å². The summed E-state index contributed by atoms with van der Waals surface area (Å²) in [6, 6.07) is 0. The van der Waals surface area contributed by atoms with Gasteiger partial charge >= 0.3 is 5.51 Å². The van der Waals surface area contributed by atoms with Crippen LogP contribution in [-0.2, 0) is 27.7 Å². The van der Waals surface area contributed by atoms with Gasteiger partial charge in [0.15, 0.2) is 0 Å². The Kier molecular flexibility index (Phi) is 5.28. The van der Waals surface area contributed by atoms with Crippen LogP contribution in [-0.4, -0.2) is 5.51 Å². The summed E-state index contributed by atoms with van der Waals surface area (Å²) < 4.78 is 30.7. The van der Waals surface area contributed by atoms with Gasteiger partial charge in [0.1, 0.15) is 0 Å². The molecule has 5 heteroatoms. The SMILES string of the molecule is FC(F)(F)S.[Hg]. The predicted molar refractivity (Wildman–Crippen MR) is 15.0 cm³/mol. The molecule has 0 saturated carbocycles. The van der Waals surface area contributed by atoms with Gasteiger partial charge in [-0.05, 0) is 0 Å². The Morgan fingerprint density at radius 2 is 1.17 bits per heavy atom. The van der Waals surface area contributed by atoms with Crippen LogP contribution < -0.4 is 0 Å². The minimum absolute atomic E-state index is 0. The molecule has 0 fully saturated rings. The Bertz CT molecular complexity index is 26.3. The van der Waals surface area contributed by atoms with Gasteiger partial charge in [-0.2, -0.15) is 13.2 Å². The normalized spacial score (nSPS) is 10.0. The van der Waals surface area contributed by atoms with E-state index in [2.05, 4.69) is 12.6 Å². The smallest absolute Gasteiger partial charge is 0.161 e. The van der Waals surface area contributed by atoms with Crippen molar-refractivity contribution in [3.05, 3.63) is 0 Å². The van der Waals surface area contributed by atoms with E-state index in [0.29, 0.717) is 0 Å². The van der Waals surface area contributed by atoms with E-state index in [-0.39, 0.29) is 27.7 Å². The first kappa shape index (κ1) is 10.1. The molecule has 6 heavy (non-hydrogen) atoms. The van der Waals surface area contributed by atoms with Crippen LogP contribution in [0.1, 0.15) is 0 Å². The van der Waals surface area contributed by atoms with Gasteiger partial charge in [-0.1, -0.05) is 12.6 Å². The van der Waals surface area contributed by atoms with Gasteiger partial charge in [0.05, 0.1) is 0 Å². The van der Waals surface area contributed by atoms with Crippen molar-refractivity contribution in [2.24, 2.45) is 0 Å². The molecule has 0 aromatic carbocycles. The molecule has 0 aliphatic carbocycles. The van der Waals surface area contributed by atoms with Crippen molar-refractivity contribution in [3.8, 4) is 0 Å². The topological polar surface area (TPSA) is 0 Å². The first-order chi connectivity index (χ1) is 2.00. The van der Waals surface area contributed by atoms with Crippen molar-refractivity contribution in [1.29, 1.82) is 0 Å². The van der Waals surface area contributed by atoms with Crippen LogP contribution in [0.15, 0.2) is 0 Å². The number of hydrogen-bond acceptors (Lipinski definition) is 1. The van der Waals surface area contributed by atoms with Gasteiger partial charge < -0.3 is 0 Å². The third kappa shape index (κ3) is 72.9. The van der Waals surface area contributed by atoms with E-state index in [1.165, 1.54) is 0 Å². The van der Waals surface area contributed by atoms with Crippen LogP contribution in [0.4, 0.5) is 13.2 Å².